The summed E-state index contributed by atoms with van der Waals surface area (Å²) in [6, 6.07) is 14.4. The zero-order chi connectivity index (χ0) is 23.7. The van der Waals surface area contributed by atoms with Crippen molar-refractivity contribution in [1.29, 1.82) is 0 Å². The Balaban J connectivity index is 2.49. The van der Waals surface area contributed by atoms with Crippen LogP contribution in [0.25, 0.3) is 0 Å². The Morgan fingerprint density at radius 2 is 1.41 bits per heavy atom. The van der Waals surface area contributed by atoms with Crippen molar-refractivity contribution < 1.29 is 24.5 Å². The highest BCUT2D eigenvalue weighted by molar-refractivity contribution is 6.72. The first-order chi connectivity index (χ1) is 15.3. The summed E-state index contributed by atoms with van der Waals surface area (Å²) in [5, 5.41) is 31.9. The summed E-state index contributed by atoms with van der Waals surface area (Å²) in [4.78, 5) is 0. The van der Waals surface area contributed by atoms with Gasteiger partial charge in [0.05, 0.1) is 17.7 Å². The predicted octanol–water partition coefficient (Wildman–Crippen LogP) is 0.408. The van der Waals surface area contributed by atoms with Gasteiger partial charge >= 0.3 is 14.0 Å². The van der Waals surface area contributed by atoms with Crippen molar-refractivity contribution in [2.75, 3.05) is 19.7 Å². The molecule has 2 rings (SSSR count). The van der Waals surface area contributed by atoms with Crippen molar-refractivity contribution in [2.24, 2.45) is 11.5 Å². The van der Waals surface area contributed by atoms with Crippen LogP contribution >= 0.6 is 0 Å². The van der Waals surface area contributed by atoms with Gasteiger partial charge < -0.3 is 36.0 Å². The van der Waals surface area contributed by atoms with E-state index in [2.05, 4.69) is 0 Å². The van der Waals surface area contributed by atoms with E-state index in [4.69, 9.17) is 20.8 Å². The summed E-state index contributed by atoms with van der Waals surface area (Å²) < 4.78 is 12.5. The molecule has 0 heterocycles. The number of rotatable bonds is 13. The largest absolute Gasteiger partial charge is 0.491 e. The summed E-state index contributed by atoms with van der Waals surface area (Å²) in [6.45, 7) is 5.78. The average molecular weight is 442 g/mol. The zero-order valence-corrected chi connectivity index (χ0v) is 19.3. The number of benzene rings is 2. The average Bonchev–Trinajstić information content (AvgIpc) is 2.81. The highest BCUT2D eigenvalue weighted by Gasteiger charge is 2.45. The molecule has 0 spiro atoms. The van der Waals surface area contributed by atoms with Crippen molar-refractivity contribution in [3.8, 4) is 0 Å². The van der Waals surface area contributed by atoms with E-state index < -0.39 is 31.7 Å². The van der Waals surface area contributed by atoms with Gasteiger partial charge in [0, 0.05) is 19.7 Å². The van der Waals surface area contributed by atoms with Gasteiger partial charge in [0.2, 0.25) is 0 Å². The summed E-state index contributed by atoms with van der Waals surface area (Å²) in [7, 11) is -1.31. The molecule has 0 amide bonds. The van der Waals surface area contributed by atoms with Crippen LogP contribution in [-0.2, 0) is 9.31 Å². The smallest absolute Gasteiger partial charge is 0.429 e. The molecule has 2 aromatic rings. The lowest BCUT2D eigenvalue weighted by atomic mass is 9.45. The van der Waals surface area contributed by atoms with Crippen LogP contribution in [0.15, 0.2) is 48.5 Å². The Kier molecular flexibility index (Phi) is 10.4. The van der Waals surface area contributed by atoms with E-state index in [1.807, 2.05) is 45.0 Å². The van der Waals surface area contributed by atoms with Crippen LogP contribution in [0, 0.1) is 0 Å². The van der Waals surface area contributed by atoms with E-state index in [-0.39, 0.29) is 13.1 Å². The molecular formula is C23H36B2N2O5. The van der Waals surface area contributed by atoms with Crippen LogP contribution in [0.2, 0.25) is 0 Å². The molecule has 2 aromatic carbocycles. The molecule has 3 atom stereocenters. The Morgan fingerprint density at radius 1 is 0.906 bits per heavy atom. The first-order valence-electron chi connectivity index (χ1n) is 11.2. The van der Waals surface area contributed by atoms with Gasteiger partial charge in [-0.05, 0) is 42.3 Å². The van der Waals surface area contributed by atoms with Crippen molar-refractivity contribution >= 4 is 25.0 Å². The molecule has 0 aliphatic carbocycles. The minimum atomic E-state index is -1.31. The molecule has 3 unspecified atom stereocenters. The second kappa shape index (κ2) is 12.5. The normalized spacial score (nSPS) is 15.1. The van der Waals surface area contributed by atoms with E-state index in [0.29, 0.717) is 29.6 Å². The van der Waals surface area contributed by atoms with Crippen LogP contribution in [-0.4, -0.2) is 54.5 Å². The fourth-order valence-corrected chi connectivity index (χ4v) is 4.17. The Morgan fingerprint density at radius 3 is 1.91 bits per heavy atom. The minimum absolute atomic E-state index is 0.0296. The lowest BCUT2D eigenvalue weighted by Crippen LogP contribution is -2.60. The molecule has 9 heteroatoms. The van der Waals surface area contributed by atoms with Crippen LogP contribution in [0.4, 0.5) is 0 Å². The van der Waals surface area contributed by atoms with Crippen LogP contribution in [0.1, 0.15) is 56.9 Å². The maximum atomic E-state index is 11.1. The number of aliphatic hydroxyl groups is 2. The van der Waals surface area contributed by atoms with E-state index in [0.717, 1.165) is 11.9 Å². The highest BCUT2D eigenvalue weighted by atomic mass is 16.5. The summed E-state index contributed by atoms with van der Waals surface area (Å²) >= 11 is 0. The Bertz CT molecular complexity index is 844. The van der Waals surface area contributed by atoms with Gasteiger partial charge in [-0.2, -0.15) is 0 Å². The van der Waals surface area contributed by atoms with Gasteiger partial charge in [-0.15, -0.1) is 0 Å². The van der Waals surface area contributed by atoms with Crippen LogP contribution < -0.4 is 22.4 Å². The first kappa shape index (κ1) is 26.5. The van der Waals surface area contributed by atoms with Crippen molar-refractivity contribution in [1.82, 2.24) is 0 Å². The summed E-state index contributed by atoms with van der Waals surface area (Å²) in [5.74, 6) is 0. The molecule has 7 N–H and O–H groups in total. The lowest BCUT2D eigenvalue weighted by molar-refractivity contribution is 0.110. The Labute approximate surface area is 192 Å². The van der Waals surface area contributed by atoms with Crippen LogP contribution in [0.5, 0.6) is 0 Å². The van der Waals surface area contributed by atoms with Gasteiger partial charge in [-0.1, -0.05) is 61.9 Å². The van der Waals surface area contributed by atoms with Gasteiger partial charge in [0.25, 0.3) is 0 Å². The van der Waals surface area contributed by atoms with E-state index in [9.17, 15) is 15.2 Å². The third-order valence-corrected chi connectivity index (χ3v) is 5.72. The monoisotopic (exact) mass is 442 g/mol. The van der Waals surface area contributed by atoms with Crippen molar-refractivity contribution in [2.45, 2.75) is 51.3 Å². The third kappa shape index (κ3) is 6.20. The van der Waals surface area contributed by atoms with Crippen molar-refractivity contribution in [3.05, 3.63) is 59.7 Å². The molecule has 0 fully saturated rings. The van der Waals surface area contributed by atoms with Crippen LogP contribution in [0.3, 0.4) is 0 Å². The molecule has 174 valence electrons. The van der Waals surface area contributed by atoms with E-state index in [1.54, 1.807) is 24.3 Å². The lowest BCUT2D eigenvalue weighted by Gasteiger charge is -2.38. The van der Waals surface area contributed by atoms with Gasteiger partial charge in [0.15, 0.2) is 0 Å². The Hall–Kier alpha value is -1.71. The molecule has 0 aliphatic rings. The van der Waals surface area contributed by atoms with Gasteiger partial charge in [-0.25, -0.2) is 0 Å². The molecule has 7 nitrogen and oxygen atoms in total. The summed E-state index contributed by atoms with van der Waals surface area (Å²) in [5.41, 5.74) is 12.9. The minimum Gasteiger partial charge on any atom is -0.429 e. The fourth-order valence-electron chi connectivity index (χ4n) is 4.17. The number of hydrogen-bond acceptors (Lipinski definition) is 7. The molecule has 0 aromatic heterocycles. The SMILES string of the molecule is CCCC(C)(OB(O)c1ccccc1C(O)CN)B(OCC)c1ccccc1C(O)CN. The standard InChI is InChI=1S/C23H36B2N2O5/c1-4-14-23(3,32-25(30)20-13-9-7-11-18(20)22(29)16-27)24(31-5-2)19-12-8-6-10-17(19)21(28)15-26/h6-13,21-22,28-30H,4-5,14-16,26-27H2,1-3H3. The first-order valence-corrected chi connectivity index (χ1v) is 11.2. The predicted molar refractivity (Wildman–Crippen MR) is 130 cm³/mol. The topological polar surface area (TPSA) is 131 Å². The number of nitrogens with two attached hydrogens (primary N) is 2. The molecule has 0 aliphatic heterocycles. The summed E-state index contributed by atoms with van der Waals surface area (Å²) in [6.07, 6.45) is -0.388. The third-order valence-electron chi connectivity index (χ3n) is 5.72. The van der Waals surface area contributed by atoms with E-state index in [1.165, 1.54) is 0 Å². The molecule has 0 radical (unpaired) electrons. The number of hydrogen-bond donors (Lipinski definition) is 5. The second-order valence-corrected chi connectivity index (χ2v) is 8.13. The fraction of sp³-hybridized carbons (Fsp3) is 0.478. The quantitative estimate of drug-likeness (QED) is 0.284. The molecule has 32 heavy (non-hydrogen) atoms. The van der Waals surface area contributed by atoms with E-state index >= 15 is 0 Å². The van der Waals surface area contributed by atoms with Gasteiger partial charge in [0.1, 0.15) is 0 Å². The molecule has 0 saturated heterocycles. The number of aliphatic hydroxyl groups excluding tert-OH is 2. The maximum Gasteiger partial charge on any atom is 0.491 e. The molecular weight excluding hydrogens is 406 g/mol. The molecule has 0 bridgehead atoms. The highest BCUT2D eigenvalue weighted by Crippen LogP contribution is 2.26. The van der Waals surface area contributed by atoms with Gasteiger partial charge in [-0.3, -0.25) is 0 Å². The molecule has 0 saturated carbocycles. The zero-order valence-electron chi connectivity index (χ0n) is 19.3. The second-order valence-electron chi connectivity index (χ2n) is 8.13. The maximum absolute atomic E-state index is 11.1. The van der Waals surface area contributed by atoms with Crippen molar-refractivity contribution in [3.63, 3.8) is 0 Å².